The van der Waals surface area contributed by atoms with E-state index in [1.54, 1.807) is 11.8 Å². The molecule has 2 saturated carbocycles. The third-order valence-electron chi connectivity index (χ3n) is 3.88. The van der Waals surface area contributed by atoms with Crippen LogP contribution in [0.1, 0.15) is 45.4 Å². The van der Waals surface area contributed by atoms with Crippen LogP contribution >= 0.6 is 0 Å². The van der Waals surface area contributed by atoms with Gasteiger partial charge in [0.05, 0.1) is 7.11 Å². The van der Waals surface area contributed by atoms with Gasteiger partial charge in [-0.25, -0.2) is 4.79 Å². The highest BCUT2D eigenvalue weighted by Crippen LogP contribution is 2.35. The Kier molecular flexibility index (Phi) is 3.69. The van der Waals surface area contributed by atoms with Crippen molar-refractivity contribution in [1.82, 2.24) is 4.90 Å². The molecule has 0 bridgehead atoms. The standard InChI is InChI=1S/C13H21NO3/c1-9(13(16)17-2)14(11-4-3-5-11)12(15)8-10-6-7-10/h9-11H,3-8H2,1-2H3. The van der Waals surface area contributed by atoms with Crippen LogP contribution in [-0.2, 0) is 14.3 Å². The first kappa shape index (κ1) is 12.4. The number of methoxy groups -OCH3 is 1. The summed E-state index contributed by atoms with van der Waals surface area (Å²) in [6.07, 6.45) is 6.15. The molecule has 2 aliphatic carbocycles. The maximum Gasteiger partial charge on any atom is 0.328 e. The lowest BCUT2D eigenvalue weighted by Gasteiger charge is -2.40. The number of rotatable bonds is 5. The summed E-state index contributed by atoms with van der Waals surface area (Å²) in [7, 11) is 1.38. The molecule has 0 aromatic carbocycles. The van der Waals surface area contributed by atoms with E-state index in [1.165, 1.54) is 7.11 Å². The van der Waals surface area contributed by atoms with E-state index in [0.29, 0.717) is 12.3 Å². The van der Waals surface area contributed by atoms with Crippen LogP contribution in [0.4, 0.5) is 0 Å². The molecule has 4 nitrogen and oxygen atoms in total. The average molecular weight is 239 g/mol. The molecule has 4 heteroatoms. The van der Waals surface area contributed by atoms with E-state index in [2.05, 4.69) is 0 Å². The molecular weight excluding hydrogens is 218 g/mol. The van der Waals surface area contributed by atoms with Crippen molar-refractivity contribution in [1.29, 1.82) is 0 Å². The van der Waals surface area contributed by atoms with E-state index < -0.39 is 6.04 Å². The second-order valence-electron chi connectivity index (χ2n) is 5.23. The molecule has 0 heterocycles. The van der Waals surface area contributed by atoms with Crippen molar-refractivity contribution in [3.8, 4) is 0 Å². The van der Waals surface area contributed by atoms with Gasteiger partial charge in [0.2, 0.25) is 5.91 Å². The van der Waals surface area contributed by atoms with Crippen LogP contribution in [0.3, 0.4) is 0 Å². The number of nitrogens with zero attached hydrogens (tertiary/aromatic N) is 1. The van der Waals surface area contributed by atoms with Crippen LogP contribution in [0, 0.1) is 5.92 Å². The van der Waals surface area contributed by atoms with Crippen molar-refractivity contribution in [2.45, 2.75) is 57.5 Å². The number of ether oxygens (including phenoxy) is 1. The molecule has 1 unspecified atom stereocenters. The van der Waals surface area contributed by atoms with E-state index in [4.69, 9.17) is 4.74 Å². The molecule has 2 fully saturated rings. The Morgan fingerprint density at radius 1 is 1.29 bits per heavy atom. The first-order chi connectivity index (χ1) is 8.13. The number of amides is 1. The first-order valence-electron chi connectivity index (χ1n) is 6.52. The third kappa shape index (κ3) is 2.79. The fourth-order valence-corrected chi connectivity index (χ4v) is 2.36. The zero-order valence-electron chi connectivity index (χ0n) is 10.6. The second kappa shape index (κ2) is 5.07. The Morgan fingerprint density at radius 2 is 1.94 bits per heavy atom. The van der Waals surface area contributed by atoms with Gasteiger partial charge in [0.25, 0.3) is 0 Å². The largest absolute Gasteiger partial charge is 0.467 e. The molecule has 1 amide bonds. The molecule has 0 aromatic rings. The van der Waals surface area contributed by atoms with Crippen LogP contribution in [0.5, 0.6) is 0 Å². The molecule has 96 valence electrons. The summed E-state index contributed by atoms with van der Waals surface area (Å²) >= 11 is 0. The van der Waals surface area contributed by atoms with Gasteiger partial charge < -0.3 is 9.64 Å². The molecule has 0 spiro atoms. The Bertz CT molecular complexity index is 308. The summed E-state index contributed by atoms with van der Waals surface area (Å²) in [5.41, 5.74) is 0. The molecule has 0 N–H and O–H groups in total. The molecule has 17 heavy (non-hydrogen) atoms. The SMILES string of the molecule is COC(=O)C(C)N(C(=O)CC1CC1)C1CCC1. The van der Waals surface area contributed by atoms with Crippen LogP contribution in [-0.4, -0.2) is 36.0 Å². The van der Waals surface area contributed by atoms with Gasteiger partial charge in [-0.05, 0) is 44.9 Å². The van der Waals surface area contributed by atoms with E-state index in [0.717, 1.165) is 32.1 Å². The topological polar surface area (TPSA) is 46.6 Å². The second-order valence-corrected chi connectivity index (χ2v) is 5.23. The summed E-state index contributed by atoms with van der Waals surface area (Å²) in [5.74, 6) is 0.395. The van der Waals surface area contributed by atoms with Crippen molar-refractivity contribution in [2.24, 2.45) is 5.92 Å². The van der Waals surface area contributed by atoms with Crippen molar-refractivity contribution < 1.29 is 14.3 Å². The van der Waals surface area contributed by atoms with Gasteiger partial charge in [-0.15, -0.1) is 0 Å². The fourth-order valence-electron chi connectivity index (χ4n) is 2.36. The molecule has 0 aliphatic heterocycles. The first-order valence-corrected chi connectivity index (χ1v) is 6.52. The molecule has 0 radical (unpaired) electrons. The van der Waals surface area contributed by atoms with Gasteiger partial charge in [0.1, 0.15) is 6.04 Å². The number of hydrogen-bond donors (Lipinski definition) is 0. The molecule has 1 atom stereocenters. The Morgan fingerprint density at radius 3 is 2.35 bits per heavy atom. The van der Waals surface area contributed by atoms with Gasteiger partial charge in [-0.3, -0.25) is 4.79 Å². The summed E-state index contributed by atoms with van der Waals surface area (Å²) < 4.78 is 4.75. The Hall–Kier alpha value is -1.06. The predicted molar refractivity (Wildman–Crippen MR) is 63.3 cm³/mol. The maximum absolute atomic E-state index is 12.2. The minimum atomic E-state index is -0.434. The van der Waals surface area contributed by atoms with E-state index >= 15 is 0 Å². The summed E-state index contributed by atoms with van der Waals surface area (Å²) in [6.45, 7) is 1.77. The molecule has 0 aromatic heterocycles. The Balaban J connectivity index is 2.00. The number of esters is 1. The van der Waals surface area contributed by atoms with Crippen LogP contribution < -0.4 is 0 Å². The lowest BCUT2D eigenvalue weighted by atomic mass is 9.90. The normalized spacial score (nSPS) is 21.5. The zero-order valence-corrected chi connectivity index (χ0v) is 10.6. The highest BCUT2D eigenvalue weighted by Gasteiger charge is 2.37. The highest BCUT2D eigenvalue weighted by molar-refractivity contribution is 5.84. The number of carbonyl (C=O) groups is 2. The summed E-state index contributed by atoms with van der Waals surface area (Å²) in [6, 6.07) is -0.174. The maximum atomic E-state index is 12.2. The lowest BCUT2D eigenvalue weighted by molar-refractivity contribution is -0.155. The van der Waals surface area contributed by atoms with Gasteiger partial charge in [0.15, 0.2) is 0 Å². The zero-order chi connectivity index (χ0) is 12.4. The monoisotopic (exact) mass is 239 g/mol. The van der Waals surface area contributed by atoms with E-state index in [9.17, 15) is 9.59 Å². The lowest BCUT2D eigenvalue weighted by Crippen LogP contribution is -2.52. The van der Waals surface area contributed by atoms with Crippen molar-refractivity contribution in [2.75, 3.05) is 7.11 Å². The van der Waals surface area contributed by atoms with Crippen molar-refractivity contribution >= 4 is 11.9 Å². The summed E-state index contributed by atoms with van der Waals surface area (Å²) in [5, 5.41) is 0. The van der Waals surface area contributed by atoms with Crippen LogP contribution in [0.25, 0.3) is 0 Å². The molecule has 0 saturated heterocycles. The Labute approximate surface area is 102 Å². The minimum absolute atomic E-state index is 0.134. The van der Waals surface area contributed by atoms with E-state index in [-0.39, 0.29) is 17.9 Å². The van der Waals surface area contributed by atoms with Gasteiger partial charge in [0, 0.05) is 12.5 Å². The van der Waals surface area contributed by atoms with Crippen molar-refractivity contribution in [3.63, 3.8) is 0 Å². The molecule has 2 rings (SSSR count). The predicted octanol–water partition coefficient (Wildman–Crippen LogP) is 1.73. The fraction of sp³-hybridized carbons (Fsp3) is 0.846. The minimum Gasteiger partial charge on any atom is -0.467 e. The highest BCUT2D eigenvalue weighted by atomic mass is 16.5. The number of carbonyl (C=O) groups excluding carboxylic acids is 2. The third-order valence-corrected chi connectivity index (χ3v) is 3.88. The van der Waals surface area contributed by atoms with Gasteiger partial charge >= 0.3 is 5.97 Å². The van der Waals surface area contributed by atoms with Gasteiger partial charge in [-0.1, -0.05) is 0 Å². The quantitative estimate of drug-likeness (QED) is 0.686. The van der Waals surface area contributed by atoms with Crippen LogP contribution in [0.15, 0.2) is 0 Å². The summed E-state index contributed by atoms with van der Waals surface area (Å²) in [4.78, 5) is 25.6. The molecule has 2 aliphatic rings. The van der Waals surface area contributed by atoms with Crippen molar-refractivity contribution in [3.05, 3.63) is 0 Å². The average Bonchev–Trinajstić information content (AvgIpc) is 3.04. The smallest absolute Gasteiger partial charge is 0.328 e. The molecular formula is C13H21NO3. The van der Waals surface area contributed by atoms with Crippen LogP contribution in [0.2, 0.25) is 0 Å². The van der Waals surface area contributed by atoms with E-state index in [1.807, 2.05) is 0 Å². The van der Waals surface area contributed by atoms with Gasteiger partial charge in [-0.2, -0.15) is 0 Å². The number of hydrogen-bond acceptors (Lipinski definition) is 3.